The summed E-state index contributed by atoms with van der Waals surface area (Å²) >= 11 is 0. The van der Waals surface area contributed by atoms with Crippen LogP contribution in [0.5, 0.6) is 0 Å². The third-order valence-corrected chi connectivity index (χ3v) is 2.61. The van der Waals surface area contributed by atoms with Crippen molar-refractivity contribution in [3.05, 3.63) is 48.3 Å². The van der Waals surface area contributed by atoms with Crippen molar-refractivity contribution in [3.8, 4) is 0 Å². The Hall–Kier alpha value is -1.68. The van der Waals surface area contributed by atoms with Crippen LogP contribution >= 0.6 is 0 Å². The Morgan fingerprint density at radius 3 is 2.75 bits per heavy atom. The van der Waals surface area contributed by atoms with E-state index in [1.165, 1.54) is 0 Å². The largest absolute Gasteiger partial charge is 0.386 e. The summed E-state index contributed by atoms with van der Waals surface area (Å²) in [6.07, 6.45) is 7.01. The van der Waals surface area contributed by atoms with E-state index in [4.69, 9.17) is 0 Å². The molecule has 1 atom stereocenters. The van der Waals surface area contributed by atoms with Gasteiger partial charge in [0.05, 0.1) is 24.3 Å². The monoisotopic (exact) mass is 217 g/mol. The molecule has 4 nitrogen and oxygen atoms in total. The minimum absolute atomic E-state index is 0.509. The number of hydrogen-bond donors (Lipinski definition) is 1. The van der Waals surface area contributed by atoms with Gasteiger partial charge < -0.3 is 9.67 Å². The Morgan fingerprint density at radius 2 is 2.06 bits per heavy atom. The van der Waals surface area contributed by atoms with Crippen LogP contribution in [0.4, 0.5) is 0 Å². The van der Waals surface area contributed by atoms with Gasteiger partial charge in [-0.25, -0.2) is 4.98 Å². The van der Waals surface area contributed by atoms with E-state index >= 15 is 0 Å². The van der Waals surface area contributed by atoms with E-state index in [1.807, 2.05) is 23.6 Å². The molecule has 0 saturated carbocycles. The smallest absolute Gasteiger partial charge is 0.0996 e. The molecule has 0 aliphatic carbocycles. The second-order valence-corrected chi connectivity index (χ2v) is 3.68. The van der Waals surface area contributed by atoms with Crippen LogP contribution in [0.25, 0.3) is 0 Å². The van der Waals surface area contributed by atoms with Crippen LogP contribution in [0.2, 0.25) is 0 Å². The maximum atomic E-state index is 10.1. The molecule has 0 aromatic carbocycles. The Morgan fingerprint density at radius 1 is 1.31 bits per heavy atom. The van der Waals surface area contributed by atoms with E-state index in [2.05, 4.69) is 9.97 Å². The van der Waals surface area contributed by atoms with Gasteiger partial charge in [0.1, 0.15) is 0 Å². The summed E-state index contributed by atoms with van der Waals surface area (Å²) < 4.78 is 1.95. The van der Waals surface area contributed by atoms with Crippen LogP contribution < -0.4 is 0 Å². The van der Waals surface area contributed by atoms with Crippen LogP contribution in [0.1, 0.15) is 24.3 Å². The van der Waals surface area contributed by atoms with Crippen molar-refractivity contribution >= 4 is 0 Å². The Labute approximate surface area is 94.6 Å². The third-order valence-electron chi connectivity index (χ3n) is 2.61. The molecule has 1 unspecified atom stereocenters. The first-order chi connectivity index (χ1) is 7.81. The summed E-state index contributed by atoms with van der Waals surface area (Å²) in [6.45, 7) is 2.85. The molecule has 0 saturated heterocycles. The zero-order valence-electron chi connectivity index (χ0n) is 9.24. The molecule has 2 heterocycles. The number of aromatic nitrogens is 3. The van der Waals surface area contributed by atoms with E-state index < -0.39 is 6.10 Å². The summed E-state index contributed by atoms with van der Waals surface area (Å²) in [5.41, 5.74) is 1.94. The molecule has 4 heteroatoms. The van der Waals surface area contributed by atoms with Crippen LogP contribution in [0, 0.1) is 0 Å². The number of rotatable bonds is 4. The topological polar surface area (TPSA) is 50.9 Å². The van der Waals surface area contributed by atoms with Gasteiger partial charge in [0, 0.05) is 25.4 Å². The minimum atomic E-state index is -0.509. The molecule has 2 rings (SSSR count). The predicted octanol–water partition coefficient (Wildman–Crippen LogP) is 1.57. The first-order valence-electron chi connectivity index (χ1n) is 5.38. The van der Waals surface area contributed by atoms with E-state index in [-0.39, 0.29) is 0 Å². The van der Waals surface area contributed by atoms with Crippen LogP contribution in [0.3, 0.4) is 0 Å². The van der Waals surface area contributed by atoms with E-state index in [1.54, 1.807) is 24.9 Å². The van der Waals surface area contributed by atoms with Gasteiger partial charge in [-0.1, -0.05) is 0 Å². The lowest BCUT2D eigenvalue weighted by Crippen LogP contribution is -2.08. The van der Waals surface area contributed by atoms with Crippen LogP contribution in [-0.2, 0) is 13.0 Å². The Bertz CT molecular complexity index is 439. The average Bonchev–Trinajstić information content (AvgIpc) is 2.78. The number of aliphatic hydroxyl groups is 1. The highest BCUT2D eigenvalue weighted by Gasteiger charge is 2.12. The SMILES string of the molecule is CCn1cncc1C(O)Cc1ccncc1. The van der Waals surface area contributed by atoms with Gasteiger partial charge >= 0.3 is 0 Å². The number of pyridine rings is 1. The summed E-state index contributed by atoms with van der Waals surface area (Å²) in [5.74, 6) is 0. The zero-order chi connectivity index (χ0) is 11.4. The molecule has 2 aromatic heterocycles. The van der Waals surface area contributed by atoms with Crippen molar-refractivity contribution < 1.29 is 5.11 Å². The maximum Gasteiger partial charge on any atom is 0.0996 e. The predicted molar refractivity (Wildman–Crippen MR) is 60.8 cm³/mol. The fourth-order valence-electron chi connectivity index (χ4n) is 1.72. The van der Waals surface area contributed by atoms with Gasteiger partial charge in [-0.2, -0.15) is 0 Å². The summed E-state index contributed by atoms with van der Waals surface area (Å²) in [4.78, 5) is 8.00. The summed E-state index contributed by atoms with van der Waals surface area (Å²) in [5, 5.41) is 10.1. The zero-order valence-corrected chi connectivity index (χ0v) is 9.24. The second-order valence-electron chi connectivity index (χ2n) is 3.68. The lowest BCUT2D eigenvalue weighted by Gasteiger charge is -2.12. The number of hydrogen-bond acceptors (Lipinski definition) is 3. The molecule has 2 aromatic rings. The highest BCUT2D eigenvalue weighted by molar-refractivity contribution is 5.14. The molecular weight excluding hydrogens is 202 g/mol. The average molecular weight is 217 g/mol. The van der Waals surface area contributed by atoms with E-state index in [0.717, 1.165) is 17.8 Å². The van der Waals surface area contributed by atoms with E-state index in [0.29, 0.717) is 6.42 Å². The lowest BCUT2D eigenvalue weighted by atomic mass is 10.1. The van der Waals surface area contributed by atoms with Crippen molar-refractivity contribution in [1.29, 1.82) is 0 Å². The standard InChI is InChI=1S/C12H15N3O/c1-2-15-9-14-8-11(15)12(16)7-10-3-5-13-6-4-10/h3-6,8-9,12,16H,2,7H2,1H3. The molecule has 0 fully saturated rings. The number of nitrogens with zero attached hydrogens (tertiary/aromatic N) is 3. The van der Waals surface area contributed by atoms with Crippen molar-refractivity contribution in [1.82, 2.24) is 14.5 Å². The van der Waals surface area contributed by atoms with Crippen molar-refractivity contribution in [2.24, 2.45) is 0 Å². The molecule has 0 bridgehead atoms. The molecule has 0 spiro atoms. The first-order valence-corrected chi connectivity index (χ1v) is 5.38. The lowest BCUT2D eigenvalue weighted by molar-refractivity contribution is 0.169. The van der Waals surface area contributed by atoms with Gasteiger partial charge in [-0.15, -0.1) is 0 Å². The fraction of sp³-hybridized carbons (Fsp3) is 0.333. The third kappa shape index (κ3) is 2.28. The molecular formula is C12H15N3O. The Kier molecular flexibility index (Phi) is 3.31. The van der Waals surface area contributed by atoms with Crippen LogP contribution in [0.15, 0.2) is 37.1 Å². The van der Waals surface area contributed by atoms with Crippen molar-refractivity contribution in [3.63, 3.8) is 0 Å². The van der Waals surface area contributed by atoms with E-state index in [9.17, 15) is 5.11 Å². The second kappa shape index (κ2) is 4.90. The number of aliphatic hydroxyl groups excluding tert-OH is 1. The molecule has 0 aliphatic rings. The minimum Gasteiger partial charge on any atom is -0.386 e. The quantitative estimate of drug-likeness (QED) is 0.845. The van der Waals surface area contributed by atoms with Gasteiger partial charge in [0.15, 0.2) is 0 Å². The van der Waals surface area contributed by atoms with Gasteiger partial charge in [-0.3, -0.25) is 4.98 Å². The molecule has 0 radical (unpaired) electrons. The molecule has 84 valence electrons. The highest BCUT2D eigenvalue weighted by atomic mass is 16.3. The Balaban J connectivity index is 2.11. The normalized spacial score (nSPS) is 12.6. The van der Waals surface area contributed by atoms with Gasteiger partial charge in [-0.05, 0) is 24.6 Å². The summed E-state index contributed by atoms with van der Waals surface area (Å²) in [6, 6.07) is 3.83. The molecule has 16 heavy (non-hydrogen) atoms. The van der Waals surface area contributed by atoms with Gasteiger partial charge in [0.25, 0.3) is 0 Å². The number of aryl methyl sites for hydroxylation is 1. The first kappa shape index (κ1) is 10.8. The number of imidazole rings is 1. The summed E-state index contributed by atoms with van der Waals surface area (Å²) in [7, 11) is 0. The van der Waals surface area contributed by atoms with Crippen molar-refractivity contribution in [2.45, 2.75) is 26.0 Å². The molecule has 1 N–H and O–H groups in total. The van der Waals surface area contributed by atoms with Crippen LogP contribution in [-0.4, -0.2) is 19.6 Å². The van der Waals surface area contributed by atoms with Crippen molar-refractivity contribution in [2.75, 3.05) is 0 Å². The molecule has 0 aliphatic heterocycles. The maximum absolute atomic E-state index is 10.1. The fourth-order valence-corrected chi connectivity index (χ4v) is 1.72. The highest BCUT2D eigenvalue weighted by Crippen LogP contribution is 2.17. The molecule has 0 amide bonds. The van der Waals surface area contributed by atoms with Gasteiger partial charge in [0.2, 0.25) is 0 Å².